The smallest absolute Gasteiger partial charge is 0.453 e. The van der Waals surface area contributed by atoms with Crippen molar-refractivity contribution < 1.29 is 31.5 Å². The van der Waals surface area contributed by atoms with Crippen LogP contribution in [0.2, 0.25) is 0 Å². The highest BCUT2D eigenvalue weighted by Crippen LogP contribution is 2.39. The second kappa shape index (κ2) is 8.36. The second-order valence-electron chi connectivity index (χ2n) is 5.99. The maximum absolute atomic E-state index is 12.9. The first kappa shape index (κ1) is 21.5. The van der Waals surface area contributed by atoms with Crippen molar-refractivity contribution in [3.8, 4) is 0 Å². The maximum Gasteiger partial charge on any atom is 0.453 e. The van der Waals surface area contributed by atoms with E-state index in [9.17, 15) is 26.7 Å². The van der Waals surface area contributed by atoms with Gasteiger partial charge < -0.3 is 4.74 Å². The van der Waals surface area contributed by atoms with Gasteiger partial charge in [-0.3, -0.25) is 4.79 Å². The van der Waals surface area contributed by atoms with Gasteiger partial charge in [-0.2, -0.15) is 22.0 Å². The summed E-state index contributed by atoms with van der Waals surface area (Å²) in [6.45, 7) is 6.91. The first-order valence-corrected chi connectivity index (χ1v) is 8.14. The summed E-state index contributed by atoms with van der Waals surface area (Å²) < 4.78 is 67.2. The SMILES string of the molecule is CCCCC(SCCC(F)(F)C(F)(F)F)C(=O)OC(C)(C)C. The summed E-state index contributed by atoms with van der Waals surface area (Å²) in [5, 5.41) is -0.719. The molecular formula is C14H23F5O2S. The molecule has 0 saturated carbocycles. The van der Waals surface area contributed by atoms with Crippen LogP contribution in [-0.2, 0) is 9.53 Å². The standard InChI is InChI=1S/C14H23F5O2S/c1-5-6-7-10(11(20)21-12(2,3)4)22-9-8-13(15,16)14(17,18)19/h10H,5-9H2,1-4H3. The third kappa shape index (κ3) is 8.19. The largest absolute Gasteiger partial charge is 0.459 e. The van der Waals surface area contributed by atoms with Gasteiger partial charge in [0.15, 0.2) is 0 Å². The van der Waals surface area contributed by atoms with Gasteiger partial charge in [-0.05, 0) is 27.2 Å². The summed E-state index contributed by atoms with van der Waals surface area (Å²) in [5.74, 6) is -5.76. The van der Waals surface area contributed by atoms with Crippen LogP contribution in [0.4, 0.5) is 22.0 Å². The summed E-state index contributed by atoms with van der Waals surface area (Å²) in [6.07, 6.45) is -5.04. The number of thioether (sulfide) groups is 1. The fourth-order valence-corrected chi connectivity index (χ4v) is 2.67. The number of carbonyl (C=O) groups excluding carboxylic acids is 1. The van der Waals surface area contributed by atoms with Crippen molar-refractivity contribution in [3.05, 3.63) is 0 Å². The number of rotatable bonds is 8. The Hall–Kier alpha value is -0.530. The highest BCUT2D eigenvalue weighted by molar-refractivity contribution is 8.00. The Labute approximate surface area is 132 Å². The molecule has 0 aromatic heterocycles. The maximum atomic E-state index is 12.9. The van der Waals surface area contributed by atoms with Crippen LogP contribution >= 0.6 is 11.8 Å². The molecule has 1 unspecified atom stereocenters. The van der Waals surface area contributed by atoms with Crippen molar-refractivity contribution in [3.63, 3.8) is 0 Å². The molecule has 0 amide bonds. The van der Waals surface area contributed by atoms with E-state index in [1.54, 1.807) is 20.8 Å². The average molecular weight is 350 g/mol. The fourth-order valence-electron chi connectivity index (χ4n) is 1.50. The zero-order valence-electron chi connectivity index (χ0n) is 13.2. The van der Waals surface area contributed by atoms with E-state index in [4.69, 9.17) is 4.74 Å². The number of esters is 1. The molecule has 0 aliphatic heterocycles. The molecule has 0 aromatic rings. The zero-order valence-corrected chi connectivity index (χ0v) is 14.0. The number of hydrogen-bond donors (Lipinski definition) is 0. The molecule has 0 aliphatic carbocycles. The van der Waals surface area contributed by atoms with E-state index in [2.05, 4.69) is 0 Å². The number of halogens is 5. The molecule has 8 heteroatoms. The third-order valence-electron chi connectivity index (χ3n) is 2.64. The van der Waals surface area contributed by atoms with E-state index in [0.717, 1.165) is 18.2 Å². The number of alkyl halides is 5. The lowest BCUT2D eigenvalue weighted by atomic mass is 10.1. The van der Waals surface area contributed by atoms with Crippen LogP contribution < -0.4 is 0 Å². The lowest BCUT2D eigenvalue weighted by Crippen LogP contribution is -2.37. The van der Waals surface area contributed by atoms with Gasteiger partial charge in [-0.15, -0.1) is 11.8 Å². The van der Waals surface area contributed by atoms with Crippen LogP contribution in [0.25, 0.3) is 0 Å². The third-order valence-corrected chi connectivity index (χ3v) is 3.91. The van der Waals surface area contributed by atoms with Gasteiger partial charge in [0.25, 0.3) is 0 Å². The van der Waals surface area contributed by atoms with Crippen molar-refractivity contribution in [1.29, 1.82) is 0 Å². The minimum atomic E-state index is -5.56. The predicted molar refractivity (Wildman–Crippen MR) is 77.2 cm³/mol. The summed E-state index contributed by atoms with van der Waals surface area (Å²) in [5.41, 5.74) is -0.724. The molecule has 0 aliphatic rings. The second-order valence-corrected chi connectivity index (χ2v) is 7.30. The quantitative estimate of drug-likeness (QED) is 0.444. The Morgan fingerprint density at radius 1 is 1.14 bits per heavy atom. The van der Waals surface area contributed by atoms with Gasteiger partial charge in [-0.25, -0.2) is 0 Å². The van der Waals surface area contributed by atoms with Gasteiger partial charge in [-0.1, -0.05) is 19.8 Å². The molecule has 2 nitrogen and oxygen atoms in total. The Kier molecular flexibility index (Phi) is 8.16. The zero-order chi connectivity index (χ0) is 17.6. The lowest BCUT2D eigenvalue weighted by Gasteiger charge is -2.24. The fraction of sp³-hybridized carbons (Fsp3) is 0.929. The molecular weight excluding hydrogens is 327 g/mol. The number of unbranched alkanes of at least 4 members (excludes halogenated alkanes) is 1. The average Bonchev–Trinajstić information content (AvgIpc) is 2.29. The van der Waals surface area contributed by atoms with E-state index < -0.39 is 41.1 Å². The van der Waals surface area contributed by atoms with Crippen molar-refractivity contribution >= 4 is 17.7 Å². The van der Waals surface area contributed by atoms with Gasteiger partial charge in [0, 0.05) is 12.2 Å². The normalized spacial score (nSPS) is 14.8. The van der Waals surface area contributed by atoms with Crippen molar-refractivity contribution in [2.24, 2.45) is 0 Å². The van der Waals surface area contributed by atoms with Crippen LogP contribution in [0.15, 0.2) is 0 Å². The summed E-state index contributed by atoms with van der Waals surface area (Å²) in [7, 11) is 0. The van der Waals surface area contributed by atoms with Crippen molar-refractivity contribution in [2.75, 3.05) is 5.75 Å². The van der Waals surface area contributed by atoms with Gasteiger partial charge in [0.2, 0.25) is 0 Å². The van der Waals surface area contributed by atoms with Gasteiger partial charge >= 0.3 is 18.1 Å². The Balaban J connectivity index is 4.58. The van der Waals surface area contributed by atoms with Crippen molar-refractivity contribution in [2.45, 2.75) is 76.3 Å². The molecule has 0 fully saturated rings. The minimum Gasteiger partial charge on any atom is -0.459 e. The van der Waals surface area contributed by atoms with Gasteiger partial charge in [0.1, 0.15) is 10.9 Å². The highest BCUT2D eigenvalue weighted by Gasteiger charge is 2.56. The molecule has 0 N–H and O–H groups in total. The highest BCUT2D eigenvalue weighted by atomic mass is 32.2. The van der Waals surface area contributed by atoms with Crippen LogP contribution in [0.5, 0.6) is 0 Å². The van der Waals surface area contributed by atoms with E-state index in [-0.39, 0.29) is 0 Å². The van der Waals surface area contributed by atoms with E-state index in [1.807, 2.05) is 6.92 Å². The van der Waals surface area contributed by atoms with Gasteiger partial charge in [0.05, 0.1) is 0 Å². The summed E-state index contributed by atoms with van der Waals surface area (Å²) in [6, 6.07) is 0. The lowest BCUT2D eigenvalue weighted by molar-refractivity contribution is -0.282. The number of carbonyl (C=O) groups is 1. The molecule has 22 heavy (non-hydrogen) atoms. The van der Waals surface area contributed by atoms with Crippen LogP contribution in [-0.4, -0.2) is 34.7 Å². The van der Waals surface area contributed by atoms with Crippen LogP contribution in [0, 0.1) is 0 Å². The molecule has 0 aromatic carbocycles. The van der Waals surface area contributed by atoms with E-state index >= 15 is 0 Å². The number of hydrogen-bond acceptors (Lipinski definition) is 3. The molecule has 1 atom stereocenters. The van der Waals surface area contributed by atoms with Crippen LogP contribution in [0.3, 0.4) is 0 Å². The molecule has 0 spiro atoms. The Bertz CT molecular complexity index is 350. The first-order chi connectivity index (χ1) is 9.80. The topological polar surface area (TPSA) is 26.3 Å². The molecule has 132 valence electrons. The molecule has 0 saturated heterocycles. The monoisotopic (exact) mass is 350 g/mol. The van der Waals surface area contributed by atoms with E-state index in [1.165, 1.54) is 0 Å². The molecule has 0 radical (unpaired) electrons. The minimum absolute atomic E-state index is 0.396. The predicted octanol–water partition coefficient (Wildman–Crippen LogP) is 5.21. The Morgan fingerprint density at radius 2 is 1.68 bits per heavy atom. The first-order valence-electron chi connectivity index (χ1n) is 7.09. The molecule has 0 heterocycles. The van der Waals surface area contributed by atoms with Crippen molar-refractivity contribution in [1.82, 2.24) is 0 Å². The number of ether oxygens (including phenoxy) is 1. The molecule has 0 rings (SSSR count). The van der Waals surface area contributed by atoms with Crippen LogP contribution in [0.1, 0.15) is 53.4 Å². The van der Waals surface area contributed by atoms with E-state index in [0.29, 0.717) is 12.8 Å². The summed E-state index contributed by atoms with van der Waals surface area (Å²) in [4.78, 5) is 12.0. The summed E-state index contributed by atoms with van der Waals surface area (Å²) >= 11 is 0.799. The molecule has 0 bridgehead atoms. The Morgan fingerprint density at radius 3 is 2.09 bits per heavy atom.